The van der Waals surface area contributed by atoms with Crippen molar-refractivity contribution in [1.29, 1.82) is 0 Å². The normalized spacial score (nSPS) is 17.8. The van der Waals surface area contributed by atoms with E-state index in [0.717, 1.165) is 37.1 Å². The van der Waals surface area contributed by atoms with Gasteiger partial charge in [-0.25, -0.2) is 0 Å². The minimum absolute atomic E-state index is 0. The molecule has 1 aliphatic heterocycles. The molecule has 3 rings (SSSR count). The number of hydrogen-bond acceptors (Lipinski definition) is 3. The fraction of sp³-hybridized carbons (Fsp3) is 0.375. The van der Waals surface area contributed by atoms with Gasteiger partial charge >= 0.3 is 0 Å². The number of nitrogens with zero attached hydrogens (tertiary/aromatic N) is 1. The Labute approximate surface area is 141 Å². The molecule has 1 aromatic heterocycles. The van der Waals surface area contributed by atoms with Crippen LogP contribution in [0.15, 0.2) is 41.1 Å². The van der Waals surface area contributed by atoms with Gasteiger partial charge in [0.1, 0.15) is 0 Å². The van der Waals surface area contributed by atoms with E-state index in [-0.39, 0.29) is 12.4 Å². The number of hydrogen-bond donors (Lipinski definition) is 1. The Hall–Kier alpha value is -0.740. The highest BCUT2D eigenvalue weighted by atomic mass is 35.5. The summed E-state index contributed by atoms with van der Waals surface area (Å²) in [6.45, 7) is 4.37. The van der Waals surface area contributed by atoms with Crippen molar-refractivity contribution in [3.63, 3.8) is 0 Å². The van der Waals surface area contributed by atoms with Crippen LogP contribution in [0.3, 0.4) is 0 Å². The van der Waals surface area contributed by atoms with Crippen molar-refractivity contribution in [1.82, 2.24) is 5.32 Å². The average Bonchev–Trinajstić information content (AvgIpc) is 3.11. The van der Waals surface area contributed by atoms with Gasteiger partial charge < -0.3 is 10.2 Å². The molecule has 0 saturated carbocycles. The molecule has 0 radical (unpaired) electrons. The number of anilines is 1. The number of thiophene rings is 1. The number of halogens is 2. The van der Waals surface area contributed by atoms with Gasteiger partial charge in [0, 0.05) is 36.9 Å². The lowest BCUT2D eigenvalue weighted by Gasteiger charge is -2.19. The van der Waals surface area contributed by atoms with E-state index in [1.54, 1.807) is 11.3 Å². The summed E-state index contributed by atoms with van der Waals surface area (Å²) in [4.78, 5) is 2.45. The van der Waals surface area contributed by atoms with Crippen LogP contribution in [0.1, 0.15) is 12.0 Å². The van der Waals surface area contributed by atoms with Crippen LogP contribution in [0.25, 0.3) is 0 Å². The molecule has 2 aromatic rings. The van der Waals surface area contributed by atoms with E-state index in [0.29, 0.717) is 0 Å². The van der Waals surface area contributed by atoms with E-state index in [2.05, 4.69) is 39.2 Å². The second-order valence-corrected chi connectivity index (χ2v) is 6.56. The van der Waals surface area contributed by atoms with Crippen LogP contribution in [0.4, 0.5) is 5.69 Å². The highest BCUT2D eigenvalue weighted by Gasteiger charge is 2.22. The molecule has 1 N–H and O–H groups in total. The first kappa shape index (κ1) is 16.6. The maximum Gasteiger partial charge on any atom is 0.0407 e. The summed E-state index contributed by atoms with van der Waals surface area (Å²) in [7, 11) is 0. The monoisotopic (exact) mass is 342 g/mol. The minimum Gasteiger partial charge on any atom is -0.371 e. The molecule has 5 heteroatoms. The van der Waals surface area contributed by atoms with Gasteiger partial charge in [0.05, 0.1) is 0 Å². The molecule has 0 bridgehead atoms. The van der Waals surface area contributed by atoms with Crippen molar-refractivity contribution in [3.05, 3.63) is 51.7 Å². The van der Waals surface area contributed by atoms with Crippen LogP contribution in [0.5, 0.6) is 0 Å². The van der Waals surface area contributed by atoms with E-state index in [4.69, 9.17) is 11.6 Å². The van der Waals surface area contributed by atoms with E-state index >= 15 is 0 Å². The summed E-state index contributed by atoms with van der Waals surface area (Å²) < 4.78 is 0. The molecule has 21 heavy (non-hydrogen) atoms. The molecule has 1 saturated heterocycles. The summed E-state index contributed by atoms with van der Waals surface area (Å²) >= 11 is 7.70. The Morgan fingerprint density at radius 1 is 1.24 bits per heavy atom. The maximum atomic E-state index is 5.94. The van der Waals surface area contributed by atoms with Crippen LogP contribution in [0.2, 0.25) is 5.02 Å². The van der Waals surface area contributed by atoms with Gasteiger partial charge in [-0.2, -0.15) is 11.3 Å². The lowest BCUT2D eigenvalue weighted by Crippen LogP contribution is -2.26. The fourth-order valence-corrected chi connectivity index (χ4v) is 3.49. The molecule has 0 aliphatic carbocycles. The SMILES string of the molecule is Cl.Clc1ccc(N2CCC(CNCc3ccsc3)C2)cc1. The first-order chi connectivity index (χ1) is 9.81. The molecule has 1 fully saturated rings. The van der Waals surface area contributed by atoms with Crippen molar-refractivity contribution in [2.24, 2.45) is 5.92 Å². The first-order valence-electron chi connectivity index (χ1n) is 7.03. The van der Waals surface area contributed by atoms with E-state index in [1.165, 1.54) is 17.7 Å². The fourth-order valence-electron chi connectivity index (χ4n) is 2.70. The standard InChI is InChI=1S/C16H19ClN2S.ClH/c17-15-1-3-16(4-2-15)19-7-5-13(11-19)9-18-10-14-6-8-20-12-14;/h1-4,6,8,12-13,18H,5,7,9-11H2;1H. The molecule has 0 spiro atoms. The third-order valence-electron chi connectivity index (χ3n) is 3.82. The van der Waals surface area contributed by atoms with Gasteiger partial charge in [0.25, 0.3) is 0 Å². The van der Waals surface area contributed by atoms with Crippen molar-refractivity contribution in [3.8, 4) is 0 Å². The lowest BCUT2D eigenvalue weighted by atomic mass is 10.1. The van der Waals surface area contributed by atoms with Crippen molar-refractivity contribution in [2.75, 3.05) is 24.5 Å². The Morgan fingerprint density at radius 2 is 2.05 bits per heavy atom. The predicted octanol–water partition coefficient (Wildman–Crippen LogP) is 4.44. The average molecular weight is 343 g/mol. The third kappa shape index (κ3) is 4.62. The molecular formula is C16H20Cl2N2S. The minimum atomic E-state index is 0. The Morgan fingerprint density at radius 3 is 2.76 bits per heavy atom. The van der Waals surface area contributed by atoms with Crippen LogP contribution in [-0.4, -0.2) is 19.6 Å². The lowest BCUT2D eigenvalue weighted by molar-refractivity contribution is 0.517. The largest absolute Gasteiger partial charge is 0.371 e. The molecule has 0 amide bonds. The van der Waals surface area contributed by atoms with Crippen LogP contribution < -0.4 is 10.2 Å². The number of nitrogens with one attached hydrogen (secondary N) is 1. The maximum absolute atomic E-state index is 5.94. The van der Waals surface area contributed by atoms with Crippen LogP contribution in [-0.2, 0) is 6.54 Å². The first-order valence-corrected chi connectivity index (χ1v) is 8.35. The predicted molar refractivity (Wildman–Crippen MR) is 95.0 cm³/mol. The molecule has 2 heterocycles. The van der Waals surface area contributed by atoms with Crippen molar-refractivity contribution < 1.29 is 0 Å². The van der Waals surface area contributed by atoms with Crippen molar-refractivity contribution >= 4 is 41.0 Å². The second-order valence-electron chi connectivity index (χ2n) is 5.34. The van der Waals surface area contributed by atoms with E-state index in [9.17, 15) is 0 Å². The zero-order valence-corrected chi connectivity index (χ0v) is 14.2. The van der Waals surface area contributed by atoms with Gasteiger partial charge in [0.2, 0.25) is 0 Å². The smallest absolute Gasteiger partial charge is 0.0407 e. The van der Waals surface area contributed by atoms with Crippen LogP contribution in [0, 0.1) is 5.92 Å². The Bertz CT molecular complexity index is 528. The van der Waals surface area contributed by atoms with Crippen molar-refractivity contribution in [2.45, 2.75) is 13.0 Å². The molecule has 1 unspecified atom stereocenters. The summed E-state index contributed by atoms with van der Waals surface area (Å²) in [6, 6.07) is 10.4. The van der Waals surface area contributed by atoms with E-state index < -0.39 is 0 Å². The van der Waals surface area contributed by atoms with Crippen LogP contribution >= 0.6 is 35.3 Å². The molecule has 1 aromatic carbocycles. The molecule has 114 valence electrons. The number of rotatable bonds is 5. The van der Waals surface area contributed by atoms with Gasteiger partial charge in [-0.15, -0.1) is 12.4 Å². The summed E-state index contributed by atoms with van der Waals surface area (Å²) in [5.74, 6) is 0.740. The molecule has 1 aliphatic rings. The zero-order valence-electron chi connectivity index (χ0n) is 11.8. The van der Waals surface area contributed by atoms with Gasteiger partial charge in [-0.3, -0.25) is 0 Å². The van der Waals surface area contributed by atoms with E-state index in [1.807, 2.05) is 12.1 Å². The highest BCUT2D eigenvalue weighted by molar-refractivity contribution is 7.07. The highest BCUT2D eigenvalue weighted by Crippen LogP contribution is 2.24. The summed E-state index contributed by atoms with van der Waals surface area (Å²) in [5.41, 5.74) is 2.68. The molecular weight excluding hydrogens is 323 g/mol. The topological polar surface area (TPSA) is 15.3 Å². The molecule has 2 nitrogen and oxygen atoms in total. The summed E-state index contributed by atoms with van der Waals surface area (Å²) in [5, 5.41) is 8.72. The third-order valence-corrected chi connectivity index (χ3v) is 4.80. The van der Waals surface area contributed by atoms with Gasteiger partial charge in [-0.1, -0.05) is 11.6 Å². The Balaban J connectivity index is 0.00000161. The Kier molecular flexibility index (Phi) is 6.37. The summed E-state index contributed by atoms with van der Waals surface area (Å²) in [6.07, 6.45) is 1.26. The second kappa shape index (κ2) is 8.04. The molecule has 1 atom stereocenters. The van der Waals surface area contributed by atoms with Gasteiger partial charge in [-0.05, 0) is 59.0 Å². The van der Waals surface area contributed by atoms with Gasteiger partial charge in [0.15, 0.2) is 0 Å². The number of benzene rings is 1. The quantitative estimate of drug-likeness (QED) is 0.863. The zero-order chi connectivity index (χ0) is 13.8.